The largest absolute Gasteiger partial charge is 0.466 e. The molecule has 0 heterocycles. The molecule has 0 fully saturated rings. The van der Waals surface area contributed by atoms with Crippen LogP contribution in [0.5, 0.6) is 0 Å². The predicted octanol–water partition coefficient (Wildman–Crippen LogP) is 1.47. The second kappa shape index (κ2) is 6.05. The lowest BCUT2D eigenvalue weighted by Crippen LogP contribution is -2.52. The van der Waals surface area contributed by atoms with Gasteiger partial charge < -0.3 is 14.6 Å². The highest BCUT2D eigenvalue weighted by Gasteiger charge is 2.48. The summed E-state index contributed by atoms with van der Waals surface area (Å²) in [6, 6.07) is 8.72. The Kier molecular flexibility index (Phi) is 4.89. The van der Waals surface area contributed by atoms with Gasteiger partial charge in [-0.2, -0.15) is 0 Å². The Balaban J connectivity index is 3.04. The quantitative estimate of drug-likeness (QED) is 0.668. The van der Waals surface area contributed by atoms with Crippen LogP contribution in [0.25, 0.3) is 0 Å². The molecule has 0 saturated carbocycles. The van der Waals surface area contributed by atoms with Gasteiger partial charge in [0, 0.05) is 6.42 Å². The average Bonchev–Trinajstić information content (AvgIpc) is 2.36. The third-order valence-corrected chi connectivity index (χ3v) is 2.56. The van der Waals surface area contributed by atoms with Crippen LogP contribution in [0, 0.1) is 0 Å². The number of ether oxygens (including phenoxy) is 2. The molecule has 0 amide bonds. The number of carbonyl (C=O) groups excluding carboxylic acids is 2. The van der Waals surface area contributed by atoms with E-state index in [9.17, 15) is 14.7 Å². The molecule has 20 heavy (non-hydrogen) atoms. The van der Waals surface area contributed by atoms with Crippen molar-refractivity contribution in [3.63, 3.8) is 0 Å². The van der Waals surface area contributed by atoms with Gasteiger partial charge >= 0.3 is 11.9 Å². The average molecular weight is 280 g/mol. The number of carbonyl (C=O) groups is 2. The highest BCUT2D eigenvalue weighted by atomic mass is 16.6. The number of rotatable bonds is 4. The lowest BCUT2D eigenvalue weighted by molar-refractivity contribution is -0.189. The molecule has 0 saturated heterocycles. The molecule has 110 valence electrons. The first-order chi connectivity index (χ1) is 9.19. The van der Waals surface area contributed by atoms with E-state index in [1.165, 1.54) is 0 Å². The molecule has 0 aliphatic heterocycles. The molecule has 5 heteroatoms. The van der Waals surface area contributed by atoms with Crippen LogP contribution < -0.4 is 0 Å². The van der Waals surface area contributed by atoms with E-state index in [0.29, 0.717) is 5.56 Å². The molecule has 1 rings (SSSR count). The van der Waals surface area contributed by atoms with E-state index < -0.39 is 23.1 Å². The van der Waals surface area contributed by atoms with Crippen LogP contribution in [0.1, 0.15) is 26.3 Å². The lowest BCUT2D eigenvalue weighted by atomic mass is 9.94. The fourth-order valence-electron chi connectivity index (χ4n) is 1.65. The van der Waals surface area contributed by atoms with Crippen LogP contribution in [0.15, 0.2) is 30.3 Å². The molecule has 1 N–H and O–H groups in total. The summed E-state index contributed by atoms with van der Waals surface area (Å²) in [6.45, 7) is 4.97. The molecule has 0 aliphatic rings. The van der Waals surface area contributed by atoms with Crippen molar-refractivity contribution in [2.75, 3.05) is 7.11 Å². The highest BCUT2D eigenvalue weighted by molar-refractivity contribution is 6.03. The van der Waals surface area contributed by atoms with E-state index in [2.05, 4.69) is 4.74 Å². The summed E-state index contributed by atoms with van der Waals surface area (Å²) in [5.74, 6) is -2.05. The van der Waals surface area contributed by atoms with Crippen LogP contribution in [0.2, 0.25) is 0 Å². The second-order valence-electron chi connectivity index (χ2n) is 5.52. The zero-order chi connectivity index (χ0) is 15.4. The molecule has 1 aromatic rings. The number of benzene rings is 1. The summed E-state index contributed by atoms with van der Waals surface area (Å²) < 4.78 is 9.64. The topological polar surface area (TPSA) is 72.8 Å². The predicted molar refractivity (Wildman–Crippen MR) is 73.0 cm³/mol. The van der Waals surface area contributed by atoms with Crippen LogP contribution in [0.3, 0.4) is 0 Å². The van der Waals surface area contributed by atoms with Gasteiger partial charge in [-0.3, -0.25) is 0 Å². The van der Waals surface area contributed by atoms with E-state index in [1.54, 1.807) is 51.1 Å². The number of esters is 2. The monoisotopic (exact) mass is 280 g/mol. The van der Waals surface area contributed by atoms with E-state index in [4.69, 9.17) is 4.74 Å². The maximum Gasteiger partial charge on any atom is 0.350 e. The smallest absolute Gasteiger partial charge is 0.350 e. The van der Waals surface area contributed by atoms with Crippen LogP contribution in [-0.4, -0.2) is 35.4 Å². The van der Waals surface area contributed by atoms with E-state index in [-0.39, 0.29) is 6.42 Å². The Morgan fingerprint density at radius 3 is 2.10 bits per heavy atom. The molecule has 0 aromatic heterocycles. The van der Waals surface area contributed by atoms with Gasteiger partial charge in [0.25, 0.3) is 5.60 Å². The SMILES string of the molecule is COC(=O)[C@@](O)(Cc1ccccc1)C(=O)OC(C)(C)C. The van der Waals surface area contributed by atoms with Gasteiger partial charge in [-0.15, -0.1) is 0 Å². The van der Waals surface area contributed by atoms with Gasteiger partial charge in [0.05, 0.1) is 7.11 Å². The number of hydrogen-bond donors (Lipinski definition) is 1. The van der Waals surface area contributed by atoms with Crippen molar-refractivity contribution < 1.29 is 24.2 Å². The van der Waals surface area contributed by atoms with Gasteiger partial charge in [0.1, 0.15) is 5.60 Å². The lowest BCUT2D eigenvalue weighted by Gasteiger charge is -2.28. The van der Waals surface area contributed by atoms with Crippen LogP contribution in [-0.2, 0) is 25.5 Å². The minimum atomic E-state index is -2.34. The van der Waals surface area contributed by atoms with Gasteiger partial charge in [-0.05, 0) is 26.3 Å². The first kappa shape index (κ1) is 16.2. The summed E-state index contributed by atoms with van der Waals surface area (Å²) in [5, 5.41) is 10.4. The summed E-state index contributed by atoms with van der Waals surface area (Å²) in [6.07, 6.45) is -0.199. The number of hydrogen-bond acceptors (Lipinski definition) is 5. The molecule has 1 aromatic carbocycles. The molecule has 0 spiro atoms. The van der Waals surface area contributed by atoms with Crippen molar-refractivity contribution >= 4 is 11.9 Å². The van der Waals surface area contributed by atoms with E-state index in [0.717, 1.165) is 7.11 Å². The summed E-state index contributed by atoms with van der Waals surface area (Å²) >= 11 is 0. The summed E-state index contributed by atoms with van der Waals surface area (Å²) in [5.41, 5.74) is -2.52. The van der Waals surface area contributed by atoms with Crippen molar-refractivity contribution in [3.8, 4) is 0 Å². The Labute approximate surface area is 118 Å². The third-order valence-electron chi connectivity index (χ3n) is 2.56. The second-order valence-corrected chi connectivity index (χ2v) is 5.52. The van der Waals surface area contributed by atoms with E-state index >= 15 is 0 Å². The summed E-state index contributed by atoms with van der Waals surface area (Å²) in [7, 11) is 1.11. The maximum absolute atomic E-state index is 12.1. The molecule has 1 atom stereocenters. The molecule has 0 aliphatic carbocycles. The fourth-order valence-corrected chi connectivity index (χ4v) is 1.65. The Morgan fingerprint density at radius 2 is 1.65 bits per heavy atom. The van der Waals surface area contributed by atoms with Gasteiger partial charge in [0.2, 0.25) is 0 Å². The van der Waals surface area contributed by atoms with Gasteiger partial charge in [-0.25, -0.2) is 9.59 Å². The van der Waals surface area contributed by atoms with Crippen molar-refractivity contribution in [3.05, 3.63) is 35.9 Å². The molecular weight excluding hydrogens is 260 g/mol. The normalized spacial score (nSPS) is 14.2. The molecule has 0 radical (unpaired) electrons. The zero-order valence-electron chi connectivity index (χ0n) is 12.2. The molecule has 0 bridgehead atoms. The Bertz CT molecular complexity index is 475. The van der Waals surface area contributed by atoms with Crippen LogP contribution >= 0.6 is 0 Å². The summed E-state index contributed by atoms with van der Waals surface area (Å²) in [4.78, 5) is 23.9. The van der Waals surface area contributed by atoms with Crippen molar-refractivity contribution in [2.45, 2.75) is 38.4 Å². The first-order valence-electron chi connectivity index (χ1n) is 6.27. The first-order valence-corrected chi connectivity index (χ1v) is 6.27. The standard InChI is InChI=1S/C15H20O5/c1-14(2,3)20-13(17)15(18,12(16)19-4)10-11-8-6-5-7-9-11/h5-9,18H,10H2,1-4H3/t15-/m0/s1. The Morgan fingerprint density at radius 1 is 1.10 bits per heavy atom. The molecule has 5 nitrogen and oxygen atoms in total. The van der Waals surface area contributed by atoms with Gasteiger partial charge in [0.15, 0.2) is 0 Å². The van der Waals surface area contributed by atoms with Crippen molar-refractivity contribution in [1.29, 1.82) is 0 Å². The van der Waals surface area contributed by atoms with Crippen molar-refractivity contribution in [1.82, 2.24) is 0 Å². The number of aliphatic hydroxyl groups is 1. The van der Waals surface area contributed by atoms with Crippen molar-refractivity contribution in [2.24, 2.45) is 0 Å². The fraction of sp³-hybridized carbons (Fsp3) is 0.467. The Hall–Kier alpha value is -1.88. The van der Waals surface area contributed by atoms with Gasteiger partial charge in [-0.1, -0.05) is 30.3 Å². The van der Waals surface area contributed by atoms with Crippen LogP contribution in [0.4, 0.5) is 0 Å². The molecular formula is C15H20O5. The minimum absolute atomic E-state index is 0.199. The maximum atomic E-state index is 12.1. The zero-order valence-corrected chi connectivity index (χ0v) is 12.2. The number of methoxy groups -OCH3 is 1. The van der Waals surface area contributed by atoms with E-state index in [1.807, 2.05) is 0 Å². The highest BCUT2D eigenvalue weighted by Crippen LogP contribution is 2.21. The minimum Gasteiger partial charge on any atom is -0.466 e. The third kappa shape index (κ3) is 4.06. The molecule has 0 unspecified atom stereocenters.